The van der Waals surface area contributed by atoms with Crippen LogP contribution >= 0.6 is 0 Å². The highest BCUT2D eigenvalue weighted by atomic mass is 19.1. The molecule has 1 aromatic rings. The maximum atomic E-state index is 14.0. The molecule has 100 valence electrons. The maximum Gasteiger partial charge on any atom is 0.256 e. The van der Waals surface area contributed by atoms with Crippen molar-refractivity contribution in [1.82, 2.24) is 9.88 Å². The molecule has 0 spiro atoms. The average Bonchev–Trinajstić information content (AvgIpc) is 2.73. The first-order chi connectivity index (χ1) is 8.70. The monoisotopic (exact) mass is 253 g/mol. The zero-order chi connectivity index (χ0) is 13.7. The number of hydrogen-bond acceptors (Lipinski definition) is 2. The van der Waals surface area contributed by atoms with Crippen LogP contribution in [0.3, 0.4) is 0 Å². The number of rotatable bonds is 2. The SMILES string of the molecule is CC.CNC(=O)c1c(F)c2n(c1C=N)CCCC2. The molecule has 0 radical (unpaired) electrons. The summed E-state index contributed by atoms with van der Waals surface area (Å²) in [7, 11) is 1.46. The molecule has 0 saturated heterocycles. The van der Waals surface area contributed by atoms with E-state index in [1.807, 2.05) is 13.8 Å². The lowest BCUT2D eigenvalue weighted by Gasteiger charge is -2.16. The van der Waals surface area contributed by atoms with Crippen molar-refractivity contribution in [3.63, 3.8) is 0 Å². The Morgan fingerprint density at radius 1 is 1.44 bits per heavy atom. The first-order valence-corrected chi connectivity index (χ1v) is 6.34. The molecule has 18 heavy (non-hydrogen) atoms. The van der Waals surface area contributed by atoms with E-state index in [1.165, 1.54) is 7.05 Å². The number of nitrogens with zero attached hydrogens (tertiary/aromatic N) is 1. The van der Waals surface area contributed by atoms with E-state index in [0.717, 1.165) is 19.1 Å². The fraction of sp³-hybridized carbons (Fsp3) is 0.538. The summed E-state index contributed by atoms with van der Waals surface area (Å²) in [6, 6.07) is 0. The van der Waals surface area contributed by atoms with Gasteiger partial charge in [0.05, 0.1) is 11.4 Å². The van der Waals surface area contributed by atoms with Gasteiger partial charge in [-0.3, -0.25) is 4.79 Å². The van der Waals surface area contributed by atoms with Gasteiger partial charge in [-0.25, -0.2) is 4.39 Å². The number of nitrogens with one attached hydrogen (secondary N) is 2. The molecule has 1 aromatic heterocycles. The number of fused-ring (bicyclic) bond motifs is 1. The van der Waals surface area contributed by atoms with Crippen LogP contribution in [0.2, 0.25) is 0 Å². The minimum absolute atomic E-state index is 0.00870. The highest BCUT2D eigenvalue weighted by Gasteiger charge is 2.27. The van der Waals surface area contributed by atoms with E-state index < -0.39 is 11.7 Å². The van der Waals surface area contributed by atoms with Crippen LogP contribution in [0.25, 0.3) is 0 Å². The molecule has 0 saturated carbocycles. The molecule has 1 amide bonds. The lowest BCUT2D eigenvalue weighted by molar-refractivity contribution is 0.0959. The number of hydrogen-bond donors (Lipinski definition) is 2. The van der Waals surface area contributed by atoms with Crippen LogP contribution in [-0.4, -0.2) is 23.7 Å². The predicted octanol–water partition coefficient (Wildman–Crippen LogP) is 2.35. The molecule has 1 aliphatic heterocycles. The van der Waals surface area contributed by atoms with Crippen molar-refractivity contribution < 1.29 is 9.18 Å². The third kappa shape index (κ3) is 2.30. The Labute approximate surface area is 107 Å². The molecule has 0 aliphatic carbocycles. The van der Waals surface area contributed by atoms with Gasteiger partial charge in [0, 0.05) is 19.8 Å². The Balaban J connectivity index is 0.000000771. The zero-order valence-corrected chi connectivity index (χ0v) is 11.1. The van der Waals surface area contributed by atoms with Crippen LogP contribution in [0.15, 0.2) is 0 Å². The van der Waals surface area contributed by atoms with Gasteiger partial charge in [-0.15, -0.1) is 0 Å². The van der Waals surface area contributed by atoms with E-state index in [-0.39, 0.29) is 5.56 Å². The second-order valence-electron chi connectivity index (χ2n) is 3.85. The number of carbonyl (C=O) groups is 1. The lowest BCUT2D eigenvalue weighted by Crippen LogP contribution is -2.20. The molecule has 5 heteroatoms. The van der Waals surface area contributed by atoms with Crippen molar-refractivity contribution in [2.75, 3.05) is 7.05 Å². The molecular formula is C13H20FN3O. The minimum Gasteiger partial charge on any atom is -0.355 e. The minimum atomic E-state index is -0.461. The highest BCUT2D eigenvalue weighted by molar-refractivity contribution is 6.01. The van der Waals surface area contributed by atoms with Gasteiger partial charge in [0.2, 0.25) is 0 Å². The van der Waals surface area contributed by atoms with Gasteiger partial charge in [0.15, 0.2) is 5.82 Å². The van der Waals surface area contributed by atoms with Gasteiger partial charge < -0.3 is 15.3 Å². The van der Waals surface area contributed by atoms with E-state index in [1.54, 1.807) is 4.57 Å². The molecule has 0 bridgehead atoms. The second-order valence-corrected chi connectivity index (χ2v) is 3.85. The summed E-state index contributed by atoms with van der Waals surface area (Å²) in [4.78, 5) is 11.6. The molecule has 4 nitrogen and oxygen atoms in total. The van der Waals surface area contributed by atoms with Gasteiger partial charge in [-0.05, 0) is 19.3 Å². The summed E-state index contributed by atoms with van der Waals surface area (Å²) < 4.78 is 15.8. The van der Waals surface area contributed by atoms with Gasteiger partial charge >= 0.3 is 0 Å². The number of halogens is 1. The van der Waals surface area contributed by atoms with Crippen LogP contribution in [0.5, 0.6) is 0 Å². The van der Waals surface area contributed by atoms with E-state index in [0.29, 0.717) is 24.4 Å². The standard InChI is InChI=1S/C11H14FN3O.C2H6/c1-14-11(16)9-8(6-13)15-5-3-2-4-7(15)10(9)12;1-2/h6,13H,2-5H2,1H3,(H,14,16);1-2H3. The Morgan fingerprint density at radius 3 is 2.67 bits per heavy atom. The van der Waals surface area contributed by atoms with Crippen LogP contribution in [0.1, 0.15) is 48.4 Å². The van der Waals surface area contributed by atoms with Crippen LogP contribution in [0, 0.1) is 11.2 Å². The average molecular weight is 253 g/mol. The van der Waals surface area contributed by atoms with Gasteiger partial charge in [-0.1, -0.05) is 13.8 Å². The Hall–Kier alpha value is -1.65. The summed E-state index contributed by atoms with van der Waals surface area (Å²) in [6.45, 7) is 4.69. The quantitative estimate of drug-likeness (QED) is 0.781. The Morgan fingerprint density at radius 2 is 2.11 bits per heavy atom. The van der Waals surface area contributed by atoms with Crippen molar-refractivity contribution >= 4 is 12.1 Å². The smallest absolute Gasteiger partial charge is 0.256 e. The van der Waals surface area contributed by atoms with E-state index in [4.69, 9.17) is 5.41 Å². The van der Waals surface area contributed by atoms with E-state index >= 15 is 0 Å². The van der Waals surface area contributed by atoms with Crippen LogP contribution in [-0.2, 0) is 13.0 Å². The topological polar surface area (TPSA) is 57.9 Å². The maximum absolute atomic E-state index is 14.0. The van der Waals surface area contributed by atoms with Gasteiger partial charge in [-0.2, -0.15) is 0 Å². The van der Waals surface area contributed by atoms with Crippen LogP contribution in [0.4, 0.5) is 4.39 Å². The summed E-state index contributed by atoms with van der Waals surface area (Å²) in [5.41, 5.74) is 0.948. The summed E-state index contributed by atoms with van der Waals surface area (Å²) in [6.07, 6.45) is 3.60. The molecular weight excluding hydrogens is 233 g/mol. The highest BCUT2D eigenvalue weighted by Crippen LogP contribution is 2.26. The zero-order valence-electron chi connectivity index (χ0n) is 11.1. The van der Waals surface area contributed by atoms with Crippen molar-refractivity contribution in [2.45, 2.75) is 39.7 Å². The molecule has 0 atom stereocenters. The van der Waals surface area contributed by atoms with E-state index in [9.17, 15) is 9.18 Å². The molecule has 2 N–H and O–H groups in total. The molecule has 1 aliphatic rings. The number of amides is 1. The van der Waals surface area contributed by atoms with Crippen molar-refractivity contribution in [2.24, 2.45) is 0 Å². The first-order valence-electron chi connectivity index (χ1n) is 6.34. The first kappa shape index (κ1) is 14.4. The third-order valence-corrected chi connectivity index (χ3v) is 2.98. The normalized spacial score (nSPS) is 13.1. The largest absolute Gasteiger partial charge is 0.355 e. The summed E-state index contributed by atoms with van der Waals surface area (Å²) in [5.74, 6) is -0.921. The van der Waals surface area contributed by atoms with Gasteiger partial charge in [0.1, 0.15) is 5.56 Å². The van der Waals surface area contributed by atoms with E-state index in [2.05, 4.69) is 5.32 Å². The Kier molecular flexibility index (Phi) is 5.07. The number of aromatic nitrogens is 1. The molecule has 0 fully saturated rings. The van der Waals surface area contributed by atoms with Crippen LogP contribution < -0.4 is 5.32 Å². The molecule has 0 aromatic carbocycles. The lowest BCUT2D eigenvalue weighted by atomic mass is 10.1. The second kappa shape index (κ2) is 6.33. The van der Waals surface area contributed by atoms with Crippen molar-refractivity contribution in [3.8, 4) is 0 Å². The number of carbonyl (C=O) groups excluding carboxylic acids is 1. The Bertz CT molecular complexity index is 452. The van der Waals surface area contributed by atoms with Gasteiger partial charge in [0.25, 0.3) is 5.91 Å². The van der Waals surface area contributed by atoms with Crippen molar-refractivity contribution in [1.29, 1.82) is 5.41 Å². The predicted molar refractivity (Wildman–Crippen MR) is 70.0 cm³/mol. The summed E-state index contributed by atoms with van der Waals surface area (Å²) in [5, 5.41) is 9.72. The fourth-order valence-corrected chi connectivity index (χ4v) is 2.21. The fourth-order valence-electron chi connectivity index (χ4n) is 2.21. The molecule has 2 heterocycles. The third-order valence-electron chi connectivity index (χ3n) is 2.98. The summed E-state index contributed by atoms with van der Waals surface area (Å²) >= 11 is 0. The molecule has 2 rings (SSSR count). The van der Waals surface area contributed by atoms with Crippen molar-refractivity contribution in [3.05, 3.63) is 22.8 Å². The molecule has 0 unspecified atom stereocenters.